The van der Waals surface area contributed by atoms with Crippen LogP contribution in [0.2, 0.25) is 0 Å². The van der Waals surface area contributed by atoms with Crippen LogP contribution >= 0.6 is 0 Å². The van der Waals surface area contributed by atoms with Gasteiger partial charge in [-0.15, -0.1) is 0 Å². The van der Waals surface area contributed by atoms with Crippen LogP contribution in [0.25, 0.3) is 0 Å². The van der Waals surface area contributed by atoms with E-state index < -0.39 is 11.9 Å². The first kappa shape index (κ1) is 17.0. The van der Waals surface area contributed by atoms with Gasteiger partial charge in [0.05, 0.1) is 24.7 Å². The van der Waals surface area contributed by atoms with Gasteiger partial charge in [0.2, 0.25) is 5.91 Å². The fraction of sp³-hybridized carbons (Fsp3) is 0.471. The molecule has 0 saturated carbocycles. The van der Waals surface area contributed by atoms with E-state index in [1.165, 1.54) is 0 Å². The van der Waals surface area contributed by atoms with Crippen molar-refractivity contribution in [2.45, 2.75) is 27.2 Å². The summed E-state index contributed by atoms with van der Waals surface area (Å²) in [6.45, 7) is 6.10. The lowest BCUT2D eigenvalue weighted by Gasteiger charge is -2.20. The van der Waals surface area contributed by atoms with Gasteiger partial charge < -0.3 is 14.4 Å². The maximum Gasteiger partial charge on any atom is 0.338 e. The summed E-state index contributed by atoms with van der Waals surface area (Å²) in [4.78, 5) is 37.6. The van der Waals surface area contributed by atoms with E-state index in [4.69, 9.17) is 9.47 Å². The van der Waals surface area contributed by atoms with Gasteiger partial charge in [0.1, 0.15) is 0 Å². The Hall–Kier alpha value is -2.37. The highest BCUT2D eigenvalue weighted by atomic mass is 16.5. The van der Waals surface area contributed by atoms with Crippen molar-refractivity contribution in [2.24, 2.45) is 5.92 Å². The van der Waals surface area contributed by atoms with E-state index in [0.717, 1.165) is 0 Å². The van der Waals surface area contributed by atoms with E-state index in [0.29, 0.717) is 23.4 Å². The lowest BCUT2D eigenvalue weighted by Crippen LogP contribution is -2.27. The van der Waals surface area contributed by atoms with Crippen molar-refractivity contribution in [1.29, 1.82) is 0 Å². The second kappa shape index (κ2) is 7.26. The minimum Gasteiger partial charge on any atom is -0.466 e. The third-order valence-corrected chi connectivity index (χ3v) is 3.84. The zero-order valence-corrected chi connectivity index (χ0v) is 13.6. The predicted molar refractivity (Wildman–Crippen MR) is 84.2 cm³/mol. The summed E-state index contributed by atoms with van der Waals surface area (Å²) in [6.07, 6.45) is 0.127. The number of carbonyl (C=O) groups is 3. The fourth-order valence-electron chi connectivity index (χ4n) is 2.70. The van der Waals surface area contributed by atoms with Gasteiger partial charge in [0, 0.05) is 18.7 Å². The first-order valence-electron chi connectivity index (χ1n) is 7.73. The standard InChI is InChI=1S/C17H21NO5/c1-4-22-16(20)12-9-15(19)18(10-12)14-8-6-7-13(11(14)3)17(21)23-5-2/h6-8,12H,4-5,9-10H2,1-3H3. The van der Waals surface area contributed by atoms with Crippen molar-refractivity contribution < 1.29 is 23.9 Å². The van der Waals surface area contributed by atoms with Crippen LogP contribution in [0.3, 0.4) is 0 Å². The largest absolute Gasteiger partial charge is 0.466 e. The molecule has 124 valence electrons. The molecule has 1 aliphatic heterocycles. The minimum absolute atomic E-state index is 0.127. The lowest BCUT2D eigenvalue weighted by molar-refractivity contribution is -0.147. The van der Waals surface area contributed by atoms with E-state index in [-0.39, 0.29) is 31.4 Å². The maximum atomic E-state index is 12.3. The molecule has 6 nitrogen and oxygen atoms in total. The summed E-state index contributed by atoms with van der Waals surface area (Å²) in [7, 11) is 0. The molecule has 1 heterocycles. The van der Waals surface area contributed by atoms with Gasteiger partial charge in [-0.2, -0.15) is 0 Å². The fourth-order valence-corrected chi connectivity index (χ4v) is 2.70. The normalized spacial score (nSPS) is 17.3. The summed E-state index contributed by atoms with van der Waals surface area (Å²) >= 11 is 0. The number of amides is 1. The molecular formula is C17H21NO5. The molecule has 1 aromatic rings. The van der Waals surface area contributed by atoms with E-state index >= 15 is 0 Å². The Morgan fingerprint density at radius 2 is 1.91 bits per heavy atom. The number of carbonyl (C=O) groups excluding carboxylic acids is 3. The van der Waals surface area contributed by atoms with Crippen molar-refractivity contribution >= 4 is 23.5 Å². The average molecular weight is 319 g/mol. The smallest absolute Gasteiger partial charge is 0.338 e. The summed E-state index contributed by atoms with van der Waals surface area (Å²) in [6, 6.07) is 5.14. The Balaban J connectivity index is 2.25. The molecule has 1 aromatic carbocycles. The molecule has 1 atom stereocenters. The van der Waals surface area contributed by atoms with Crippen LogP contribution in [-0.4, -0.2) is 37.6 Å². The second-order valence-corrected chi connectivity index (χ2v) is 5.33. The molecule has 6 heteroatoms. The lowest BCUT2D eigenvalue weighted by atomic mass is 10.1. The molecule has 23 heavy (non-hydrogen) atoms. The third kappa shape index (κ3) is 3.52. The van der Waals surface area contributed by atoms with Crippen LogP contribution in [0.15, 0.2) is 18.2 Å². The first-order valence-corrected chi connectivity index (χ1v) is 7.73. The summed E-state index contributed by atoms with van der Waals surface area (Å²) in [5.74, 6) is -1.39. The number of rotatable bonds is 5. The zero-order chi connectivity index (χ0) is 17.0. The second-order valence-electron chi connectivity index (χ2n) is 5.33. The molecule has 2 rings (SSSR count). The van der Waals surface area contributed by atoms with Gasteiger partial charge in [0.25, 0.3) is 0 Å². The topological polar surface area (TPSA) is 72.9 Å². The minimum atomic E-state index is -0.465. The van der Waals surface area contributed by atoms with Crippen molar-refractivity contribution in [3.05, 3.63) is 29.3 Å². The van der Waals surface area contributed by atoms with Crippen LogP contribution in [0.1, 0.15) is 36.2 Å². The molecule has 1 amide bonds. The highest BCUT2D eigenvalue weighted by Gasteiger charge is 2.37. The Bertz CT molecular complexity index is 625. The summed E-state index contributed by atoms with van der Waals surface area (Å²) < 4.78 is 10.0. The molecule has 0 aromatic heterocycles. The molecule has 0 radical (unpaired) electrons. The summed E-state index contributed by atoms with van der Waals surface area (Å²) in [5, 5.41) is 0. The molecule has 1 saturated heterocycles. The van der Waals surface area contributed by atoms with Crippen LogP contribution in [0, 0.1) is 12.8 Å². The van der Waals surface area contributed by atoms with E-state index in [9.17, 15) is 14.4 Å². The molecular weight excluding hydrogens is 298 g/mol. The number of esters is 2. The number of hydrogen-bond acceptors (Lipinski definition) is 5. The maximum absolute atomic E-state index is 12.3. The Labute approximate surface area is 135 Å². The quantitative estimate of drug-likeness (QED) is 0.777. The molecule has 0 aliphatic carbocycles. The van der Waals surface area contributed by atoms with Crippen LogP contribution < -0.4 is 4.90 Å². The van der Waals surface area contributed by atoms with Crippen molar-refractivity contribution in [3.8, 4) is 0 Å². The third-order valence-electron chi connectivity index (χ3n) is 3.84. The predicted octanol–water partition coefficient (Wildman–Crippen LogP) is 2.09. The van der Waals surface area contributed by atoms with Gasteiger partial charge in [-0.05, 0) is 38.5 Å². The van der Waals surface area contributed by atoms with Crippen LogP contribution in [0.5, 0.6) is 0 Å². The van der Waals surface area contributed by atoms with E-state index in [1.54, 1.807) is 43.9 Å². The molecule has 1 aliphatic rings. The SMILES string of the molecule is CCOC(=O)c1cccc(N2CC(C(=O)OCC)CC2=O)c1C. The van der Waals surface area contributed by atoms with Crippen molar-refractivity contribution in [1.82, 2.24) is 0 Å². The average Bonchev–Trinajstić information content (AvgIpc) is 2.90. The van der Waals surface area contributed by atoms with Gasteiger partial charge in [-0.25, -0.2) is 4.79 Å². The molecule has 0 spiro atoms. The van der Waals surface area contributed by atoms with Crippen LogP contribution in [0.4, 0.5) is 5.69 Å². The van der Waals surface area contributed by atoms with Gasteiger partial charge in [0.15, 0.2) is 0 Å². The monoisotopic (exact) mass is 319 g/mol. The number of ether oxygens (including phenoxy) is 2. The molecule has 0 N–H and O–H groups in total. The van der Waals surface area contributed by atoms with Crippen molar-refractivity contribution in [3.63, 3.8) is 0 Å². The Kier molecular flexibility index (Phi) is 5.36. The van der Waals surface area contributed by atoms with Gasteiger partial charge in [-0.3, -0.25) is 9.59 Å². The first-order chi connectivity index (χ1) is 11.0. The van der Waals surface area contributed by atoms with Gasteiger partial charge >= 0.3 is 11.9 Å². The van der Waals surface area contributed by atoms with Crippen molar-refractivity contribution in [2.75, 3.05) is 24.7 Å². The highest BCUT2D eigenvalue weighted by molar-refractivity contribution is 6.02. The number of anilines is 1. The molecule has 1 fully saturated rings. The highest BCUT2D eigenvalue weighted by Crippen LogP contribution is 2.30. The van der Waals surface area contributed by atoms with Gasteiger partial charge in [-0.1, -0.05) is 6.07 Å². The Morgan fingerprint density at radius 3 is 2.57 bits per heavy atom. The van der Waals surface area contributed by atoms with Crippen LogP contribution in [-0.2, 0) is 19.1 Å². The number of nitrogens with zero attached hydrogens (tertiary/aromatic N) is 1. The van der Waals surface area contributed by atoms with E-state index in [1.807, 2.05) is 0 Å². The zero-order valence-electron chi connectivity index (χ0n) is 13.6. The summed E-state index contributed by atoms with van der Waals surface area (Å²) in [5.41, 5.74) is 1.73. The molecule has 1 unspecified atom stereocenters. The van der Waals surface area contributed by atoms with E-state index in [2.05, 4.69) is 0 Å². The Morgan fingerprint density at radius 1 is 1.22 bits per heavy atom. The number of hydrogen-bond donors (Lipinski definition) is 0. The molecule has 0 bridgehead atoms. The number of benzene rings is 1.